The van der Waals surface area contributed by atoms with Crippen LogP contribution in [0.5, 0.6) is 52.5 Å². The topological polar surface area (TPSA) is 127 Å². The van der Waals surface area contributed by atoms with E-state index in [0.29, 0.717) is 50.6 Å². The van der Waals surface area contributed by atoms with E-state index in [9.17, 15) is 15.3 Å². The Bertz CT molecular complexity index is 1530. The second kappa shape index (κ2) is 11.8. The molecule has 9 heteroatoms. The standard InChI is InChI=1S/C36H45N3O6/c1-19-13-22(16-25(28(19)40)34(4,5)6)43-31-37-32(44-23-14-20(2)29(41)26(17-23)35(7,8)9)39-33(38-31)45-24-15-21(3)30(42)27(18-24)36(10,11)12/h13-18,40-42H,1-12H3. The van der Waals surface area contributed by atoms with Gasteiger partial charge in [-0.05, 0) is 90.1 Å². The van der Waals surface area contributed by atoms with Crippen molar-refractivity contribution in [3.63, 3.8) is 0 Å². The smallest absolute Gasteiger partial charge is 0.331 e. The quantitative estimate of drug-likeness (QED) is 0.194. The van der Waals surface area contributed by atoms with E-state index < -0.39 is 0 Å². The van der Waals surface area contributed by atoms with Crippen molar-refractivity contribution in [3.05, 3.63) is 69.8 Å². The molecule has 1 aromatic heterocycles. The first-order valence-corrected chi connectivity index (χ1v) is 15.0. The Hall–Kier alpha value is -4.53. The molecule has 4 rings (SSSR count). The largest absolute Gasteiger partial charge is 0.507 e. The van der Waals surface area contributed by atoms with Gasteiger partial charge in [-0.25, -0.2) is 0 Å². The lowest BCUT2D eigenvalue weighted by molar-refractivity contribution is 0.358. The molecule has 0 spiro atoms. The molecule has 0 bridgehead atoms. The lowest BCUT2D eigenvalue weighted by atomic mass is 9.85. The van der Waals surface area contributed by atoms with Gasteiger partial charge in [-0.1, -0.05) is 62.3 Å². The molecule has 0 amide bonds. The number of phenols is 3. The number of aromatic nitrogens is 3. The van der Waals surface area contributed by atoms with E-state index in [-0.39, 0.29) is 51.5 Å². The molecule has 0 saturated heterocycles. The van der Waals surface area contributed by atoms with Gasteiger partial charge in [-0.15, -0.1) is 15.0 Å². The van der Waals surface area contributed by atoms with Crippen LogP contribution in [0.1, 0.15) is 95.7 Å². The molecule has 4 aromatic rings. The molecule has 0 aliphatic heterocycles. The number of aryl methyl sites for hydroxylation is 3. The predicted molar refractivity (Wildman–Crippen MR) is 175 cm³/mol. The molecule has 0 atom stereocenters. The van der Waals surface area contributed by atoms with Crippen LogP contribution in [-0.4, -0.2) is 30.3 Å². The minimum atomic E-state index is -0.348. The first-order chi connectivity index (χ1) is 20.6. The van der Waals surface area contributed by atoms with Crippen LogP contribution < -0.4 is 14.2 Å². The van der Waals surface area contributed by atoms with Gasteiger partial charge in [0.25, 0.3) is 0 Å². The third-order valence-corrected chi connectivity index (χ3v) is 7.45. The Morgan fingerprint density at radius 2 is 0.644 bits per heavy atom. The number of hydrogen-bond donors (Lipinski definition) is 3. The van der Waals surface area contributed by atoms with Crippen LogP contribution in [0, 0.1) is 20.8 Å². The molecule has 45 heavy (non-hydrogen) atoms. The fourth-order valence-electron chi connectivity index (χ4n) is 4.90. The summed E-state index contributed by atoms with van der Waals surface area (Å²) in [6, 6.07) is 10.1. The third kappa shape index (κ3) is 7.59. The molecule has 0 aliphatic rings. The Morgan fingerprint density at radius 3 is 0.844 bits per heavy atom. The summed E-state index contributed by atoms with van der Waals surface area (Å²) in [5, 5.41) is 32.1. The fraction of sp³-hybridized carbons (Fsp3) is 0.417. The van der Waals surface area contributed by atoms with Gasteiger partial charge < -0.3 is 29.5 Å². The second-order valence-electron chi connectivity index (χ2n) is 14.6. The zero-order valence-corrected chi connectivity index (χ0v) is 28.4. The van der Waals surface area contributed by atoms with Crippen molar-refractivity contribution in [1.29, 1.82) is 0 Å². The number of rotatable bonds is 6. The number of phenolic OH excluding ortho intramolecular Hbond substituents is 3. The first-order valence-electron chi connectivity index (χ1n) is 15.0. The summed E-state index contributed by atoms with van der Waals surface area (Å²) in [4.78, 5) is 13.3. The molecule has 3 aromatic carbocycles. The van der Waals surface area contributed by atoms with Gasteiger partial charge in [0.1, 0.15) is 34.5 Å². The molecule has 240 valence electrons. The number of hydrogen-bond acceptors (Lipinski definition) is 9. The Balaban J connectivity index is 1.82. The van der Waals surface area contributed by atoms with Gasteiger partial charge in [0.2, 0.25) is 0 Å². The first kappa shape index (κ1) is 33.4. The van der Waals surface area contributed by atoms with E-state index in [2.05, 4.69) is 15.0 Å². The summed E-state index contributed by atoms with van der Waals surface area (Å²) in [6.45, 7) is 23.4. The SMILES string of the molecule is Cc1cc(Oc2nc(Oc3cc(C)c(O)c(C(C)(C)C)c3)nc(Oc3cc(C)c(O)c(C(C)(C)C)c3)n2)cc(C(C)(C)C)c1O. The average molecular weight is 616 g/mol. The Morgan fingerprint density at radius 1 is 0.422 bits per heavy atom. The maximum absolute atomic E-state index is 10.7. The van der Waals surface area contributed by atoms with Gasteiger partial charge in [0.15, 0.2) is 0 Å². The highest BCUT2D eigenvalue weighted by Crippen LogP contribution is 2.41. The van der Waals surface area contributed by atoms with Crippen molar-refractivity contribution in [2.24, 2.45) is 0 Å². The minimum Gasteiger partial charge on any atom is -0.507 e. The van der Waals surface area contributed by atoms with E-state index in [1.54, 1.807) is 57.2 Å². The Kier molecular flexibility index (Phi) is 8.72. The monoisotopic (exact) mass is 615 g/mol. The normalized spacial score (nSPS) is 12.3. The highest BCUT2D eigenvalue weighted by molar-refractivity contribution is 5.51. The summed E-state index contributed by atoms with van der Waals surface area (Å²) >= 11 is 0. The average Bonchev–Trinajstić information content (AvgIpc) is 2.88. The summed E-state index contributed by atoms with van der Waals surface area (Å²) < 4.78 is 18.4. The summed E-state index contributed by atoms with van der Waals surface area (Å²) in [5.74, 6) is 1.87. The highest BCUT2D eigenvalue weighted by Gasteiger charge is 2.25. The molecule has 0 unspecified atom stereocenters. The number of benzene rings is 3. The minimum absolute atomic E-state index is 0.0851. The van der Waals surface area contributed by atoms with Crippen molar-refractivity contribution >= 4 is 0 Å². The maximum Gasteiger partial charge on any atom is 0.331 e. The lowest BCUT2D eigenvalue weighted by Gasteiger charge is -2.23. The van der Waals surface area contributed by atoms with Crippen LogP contribution in [0.2, 0.25) is 0 Å². The van der Waals surface area contributed by atoms with Crippen LogP contribution in [0.4, 0.5) is 0 Å². The van der Waals surface area contributed by atoms with Gasteiger partial charge in [-0.2, -0.15) is 0 Å². The number of nitrogens with zero attached hydrogens (tertiary/aromatic N) is 3. The van der Waals surface area contributed by atoms with Crippen molar-refractivity contribution in [2.75, 3.05) is 0 Å². The van der Waals surface area contributed by atoms with Gasteiger partial charge in [-0.3, -0.25) is 0 Å². The van der Waals surface area contributed by atoms with Crippen molar-refractivity contribution in [2.45, 2.75) is 99.3 Å². The van der Waals surface area contributed by atoms with E-state index in [4.69, 9.17) is 14.2 Å². The molecule has 0 saturated carbocycles. The summed E-state index contributed by atoms with van der Waals surface area (Å²) in [5.41, 5.74) is 3.01. The maximum atomic E-state index is 10.7. The van der Waals surface area contributed by atoms with E-state index in [1.165, 1.54) is 0 Å². The fourth-order valence-corrected chi connectivity index (χ4v) is 4.90. The van der Waals surface area contributed by atoms with Crippen LogP contribution >= 0.6 is 0 Å². The van der Waals surface area contributed by atoms with E-state index in [1.807, 2.05) is 62.3 Å². The van der Waals surface area contributed by atoms with E-state index in [0.717, 1.165) is 0 Å². The molecule has 0 aliphatic carbocycles. The molecule has 1 heterocycles. The van der Waals surface area contributed by atoms with Gasteiger partial charge in [0, 0.05) is 16.7 Å². The van der Waals surface area contributed by atoms with Crippen molar-refractivity contribution in [1.82, 2.24) is 15.0 Å². The third-order valence-electron chi connectivity index (χ3n) is 7.45. The van der Waals surface area contributed by atoms with E-state index >= 15 is 0 Å². The molecule has 9 nitrogen and oxygen atoms in total. The van der Waals surface area contributed by atoms with Crippen molar-refractivity contribution in [3.8, 4) is 52.5 Å². The molecule has 0 radical (unpaired) electrons. The zero-order chi connectivity index (χ0) is 33.6. The Labute approximate surface area is 265 Å². The zero-order valence-electron chi connectivity index (χ0n) is 28.4. The lowest BCUT2D eigenvalue weighted by Crippen LogP contribution is -2.12. The van der Waals surface area contributed by atoms with Crippen LogP contribution in [-0.2, 0) is 16.2 Å². The summed E-state index contributed by atoms with van der Waals surface area (Å²) in [7, 11) is 0. The molecular formula is C36H45N3O6. The van der Waals surface area contributed by atoms with Gasteiger partial charge in [0.05, 0.1) is 0 Å². The number of ether oxygens (including phenoxy) is 3. The molecule has 0 fully saturated rings. The van der Waals surface area contributed by atoms with Gasteiger partial charge >= 0.3 is 18.0 Å². The second-order valence-corrected chi connectivity index (χ2v) is 14.6. The highest BCUT2D eigenvalue weighted by atomic mass is 16.5. The number of aromatic hydroxyl groups is 3. The van der Waals surface area contributed by atoms with Crippen LogP contribution in [0.15, 0.2) is 36.4 Å². The molecular weight excluding hydrogens is 570 g/mol. The summed E-state index contributed by atoms with van der Waals surface area (Å²) in [6.07, 6.45) is 0. The van der Waals surface area contributed by atoms with Crippen LogP contribution in [0.3, 0.4) is 0 Å². The molecule has 3 N–H and O–H groups in total. The van der Waals surface area contributed by atoms with Crippen LogP contribution in [0.25, 0.3) is 0 Å². The predicted octanol–water partition coefficient (Wildman–Crippen LogP) is 9.18. The van der Waals surface area contributed by atoms with Crippen molar-refractivity contribution < 1.29 is 29.5 Å².